The Bertz CT molecular complexity index is 1660. The summed E-state index contributed by atoms with van der Waals surface area (Å²) in [6, 6.07) is 11.2. The number of ether oxygens (including phenoxy) is 1. The first-order chi connectivity index (χ1) is 21.6. The van der Waals surface area contributed by atoms with Gasteiger partial charge >= 0.3 is 0 Å². The normalized spacial score (nSPS) is 24.4. The van der Waals surface area contributed by atoms with Crippen LogP contribution in [0.25, 0.3) is 0 Å². The van der Waals surface area contributed by atoms with Gasteiger partial charge in [0.15, 0.2) is 0 Å². The lowest BCUT2D eigenvalue weighted by atomic mass is 9.79. The molecule has 1 unspecified atom stereocenters. The monoisotopic (exact) mass is 628 g/mol. The molecule has 9 nitrogen and oxygen atoms in total. The fourth-order valence-corrected chi connectivity index (χ4v) is 7.07. The summed E-state index contributed by atoms with van der Waals surface area (Å²) in [6.45, 7) is 1.29. The molecular weight excluding hydrogens is 596 g/mol. The molecule has 3 radical (unpaired) electrons. The van der Waals surface area contributed by atoms with Crippen molar-refractivity contribution in [2.75, 3.05) is 24.6 Å². The van der Waals surface area contributed by atoms with E-state index in [9.17, 15) is 18.8 Å². The second-order valence-corrected chi connectivity index (χ2v) is 12.9. The Morgan fingerprint density at radius 3 is 2.64 bits per heavy atom. The summed E-state index contributed by atoms with van der Waals surface area (Å²) in [7, 11) is 3.48. The van der Waals surface area contributed by atoms with E-state index in [0.29, 0.717) is 47.6 Å². The fraction of sp³-hybridized carbons (Fsp3) is 0.394. The Hall–Kier alpha value is -4.34. The van der Waals surface area contributed by atoms with Gasteiger partial charge in [-0.05, 0) is 73.9 Å². The number of piperidine rings is 2. The number of hydrogen-bond donors (Lipinski definition) is 2. The Kier molecular flexibility index (Phi) is 8.33. The molecule has 3 aliphatic heterocycles. The lowest BCUT2D eigenvalue weighted by molar-refractivity contribution is -0.138. The number of anilines is 1. The van der Waals surface area contributed by atoms with E-state index in [4.69, 9.17) is 15.7 Å². The van der Waals surface area contributed by atoms with Crippen LogP contribution in [0.1, 0.15) is 53.6 Å². The summed E-state index contributed by atoms with van der Waals surface area (Å²) in [6.07, 6.45) is 5.65. The number of allylic oxidation sites excluding steroid dienone is 1. The van der Waals surface area contributed by atoms with Crippen LogP contribution >= 0.6 is 0 Å². The van der Waals surface area contributed by atoms with Gasteiger partial charge in [-0.2, -0.15) is 5.26 Å². The van der Waals surface area contributed by atoms with Gasteiger partial charge in [0.2, 0.25) is 11.8 Å². The molecule has 3 atom stereocenters. The second kappa shape index (κ2) is 12.2. The number of nitrogens with zero attached hydrogens (tertiary/aromatic N) is 3. The maximum atomic E-state index is 15.3. The molecule has 0 spiro atoms. The minimum absolute atomic E-state index is 0.0442. The van der Waals surface area contributed by atoms with E-state index < -0.39 is 22.7 Å². The first-order valence-electron chi connectivity index (χ1n) is 15.0. The maximum absolute atomic E-state index is 15.3. The largest absolute Gasteiger partial charge is 0.488 e. The molecule has 2 aromatic carbocycles. The summed E-state index contributed by atoms with van der Waals surface area (Å²) >= 11 is 0. The van der Waals surface area contributed by atoms with Crippen molar-refractivity contribution in [1.82, 2.24) is 10.2 Å². The van der Waals surface area contributed by atoms with Crippen LogP contribution < -0.4 is 20.7 Å². The standard InChI is InChI=1S/C33H32F2N5O4Si/c34-25-15-21(30(37)20-9-12-39(13-10-20)27-7-4-19(16-36)14-26(27)35)5-6-22(25)18-44-28-3-1-2-23-24(28)17-40(31(23)42)33(45)11-8-29(41)38-32(33)43/h1-4,6-7,14-15,20-21,30H,5,8-13,17-18,37H2,(H,38,41,43)/t21?,30-,33-/m0/s1. The molecule has 2 fully saturated rings. The van der Waals surface area contributed by atoms with E-state index in [2.05, 4.69) is 15.6 Å². The Morgan fingerprint density at radius 1 is 1.18 bits per heavy atom. The Balaban J connectivity index is 1.05. The summed E-state index contributed by atoms with van der Waals surface area (Å²) in [5.74, 6) is -1.76. The summed E-state index contributed by atoms with van der Waals surface area (Å²) in [5, 5.41) is 9.93. The van der Waals surface area contributed by atoms with Gasteiger partial charge in [0.25, 0.3) is 5.91 Å². The lowest BCUT2D eigenvalue weighted by Crippen LogP contribution is -2.63. The van der Waals surface area contributed by atoms with Gasteiger partial charge in [-0.15, -0.1) is 0 Å². The van der Waals surface area contributed by atoms with Crippen LogP contribution in [0.3, 0.4) is 0 Å². The van der Waals surface area contributed by atoms with Crippen LogP contribution in [-0.2, 0) is 16.1 Å². The molecule has 3 amide bonds. The van der Waals surface area contributed by atoms with E-state index >= 15 is 4.39 Å². The van der Waals surface area contributed by atoms with Crippen LogP contribution in [0.5, 0.6) is 5.75 Å². The second-order valence-electron chi connectivity index (χ2n) is 12.0. The molecule has 0 aromatic heterocycles. The van der Waals surface area contributed by atoms with Gasteiger partial charge in [-0.25, -0.2) is 8.78 Å². The van der Waals surface area contributed by atoms with E-state index in [1.165, 1.54) is 11.0 Å². The van der Waals surface area contributed by atoms with Crippen LogP contribution in [0.4, 0.5) is 14.5 Å². The number of carbonyl (C=O) groups is 3. The minimum atomic E-state index is -1.35. The highest BCUT2D eigenvalue weighted by atomic mass is 28.1. The van der Waals surface area contributed by atoms with Crippen molar-refractivity contribution in [2.45, 2.75) is 49.9 Å². The van der Waals surface area contributed by atoms with Gasteiger partial charge in [0.1, 0.15) is 29.2 Å². The number of imide groups is 1. The SMILES string of the molecule is N#Cc1ccc(N2CCC([C@H](N)C3C=C(F)C(COc4cccc5c4CN([C@]4([Si])CCC(=O)NC4=O)C5=O)=CC3)CC2)c(F)c1. The third kappa shape index (κ3) is 5.78. The quantitative estimate of drug-likeness (QED) is 0.356. The fourth-order valence-electron chi connectivity index (χ4n) is 6.70. The van der Waals surface area contributed by atoms with Crippen LogP contribution in [-0.4, -0.2) is 63.8 Å². The average molecular weight is 629 g/mol. The van der Waals surface area contributed by atoms with Gasteiger partial charge in [0.05, 0.1) is 34.1 Å². The van der Waals surface area contributed by atoms with E-state index in [-0.39, 0.29) is 61.2 Å². The average Bonchev–Trinajstić information content (AvgIpc) is 3.39. The number of nitrogens with one attached hydrogen (secondary N) is 1. The molecule has 3 N–H and O–H groups in total. The zero-order valence-corrected chi connectivity index (χ0v) is 25.5. The van der Waals surface area contributed by atoms with Crippen molar-refractivity contribution in [3.63, 3.8) is 0 Å². The first kappa shape index (κ1) is 30.7. The smallest absolute Gasteiger partial charge is 0.255 e. The zero-order chi connectivity index (χ0) is 31.9. The van der Waals surface area contributed by atoms with Crippen LogP contribution in [0.15, 0.2) is 60.0 Å². The number of fused-ring (bicyclic) bond motifs is 1. The molecule has 12 heteroatoms. The van der Waals surface area contributed by atoms with Gasteiger partial charge < -0.3 is 20.3 Å². The number of amides is 3. The van der Waals surface area contributed by atoms with Crippen LogP contribution in [0.2, 0.25) is 0 Å². The number of benzene rings is 2. The number of halogens is 2. The van der Waals surface area contributed by atoms with E-state index in [1.54, 1.807) is 42.5 Å². The lowest BCUT2D eigenvalue weighted by Gasteiger charge is -2.39. The predicted octanol–water partition coefficient (Wildman–Crippen LogP) is 3.38. The maximum Gasteiger partial charge on any atom is 0.255 e. The van der Waals surface area contributed by atoms with Crippen molar-refractivity contribution in [3.05, 3.63) is 82.5 Å². The number of nitrogens with two attached hydrogens (primary N) is 1. The molecular formula is C33H32F2N5O4Si. The molecule has 3 heterocycles. The topological polar surface area (TPSA) is 129 Å². The number of carbonyl (C=O) groups excluding carboxylic acids is 3. The molecule has 4 aliphatic rings. The molecule has 231 valence electrons. The van der Waals surface area contributed by atoms with Crippen molar-refractivity contribution < 1.29 is 27.9 Å². The molecule has 2 aromatic rings. The molecule has 2 saturated heterocycles. The molecule has 1 aliphatic carbocycles. The Morgan fingerprint density at radius 2 is 1.96 bits per heavy atom. The molecule has 6 rings (SSSR count). The Labute approximate surface area is 263 Å². The van der Waals surface area contributed by atoms with Gasteiger partial charge in [-0.3, -0.25) is 19.7 Å². The molecule has 0 bridgehead atoms. The predicted molar refractivity (Wildman–Crippen MR) is 162 cm³/mol. The van der Waals surface area contributed by atoms with Crippen molar-refractivity contribution >= 4 is 33.7 Å². The molecule has 45 heavy (non-hydrogen) atoms. The number of rotatable bonds is 7. The van der Waals surface area contributed by atoms with Crippen LogP contribution in [0, 0.1) is 29.0 Å². The summed E-state index contributed by atoms with van der Waals surface area (Å²) in [4.78, 5) is 40.9. The highest BCUT2D eigenvalue weighted by molar-refractivity contribution is 6.32. The molecule has 0 saturated carbocycles. The first-order valence-corrected chi connectivity index (χ1v) is 15.5. The third-order valence-corrected chi connectivity index (χ3v) is 10.2. The van der Waals surface area contributed by atoms with Crippen molar-refractivity contribution in [3.8, 4) is 11.8 Å². The summed E-state index contributed by atoms with van der Waals surface area (Å²) in [5.41, 5.74) is 8.77. The van der Waals surface area contributed by atoms with Crippen molar-refractivity contribution in [2.24, 2.45) is 17.6 Å². The third-order valence-electron chi connectivity index (χ3n) is 9.41. The van der Waals surface area contributed by atoms with Crippen molar-refractivity contribution in [1.29, 1.82) is 5.26 Å². The number of hydrogen-bond acceptors (Lipinski definition) is 7. The minimum Gasteiger partial charge on any atom is -0.488 e. The van der Waals surface area contributed by atoms with Gasteiger partial charge in [-0.1, -0.05) is 12.1 Å². The summed E-state index contributed by atoms with van der Waals surface area (Å²) < 4.78 is 35.9. The highest BCUT2D eigenvalue weighted by Gasteiger charge is 2.49. The highest BCUT2D eigenvalue weighted by Crippen LogP contribution is 2.38. The van der Waals surface area contributed by atoms with Gasteiger partial charge in [0, 0.05) is 42.3 Å². The number of nitriles is 1. The van der Waals surface area contributed by atoms with E-state index in [1.807, 2.05) is 11.0 Å². The zero-order valence-electron chi connectivity index (χ0n) is 24.5. The van der Waals surface area contributed by atoms with E-state index in [0.717, 1.165) is 12.8 Å².